The number of hydrogen-bond donors (Lipinski definition) is 1. The summed E-state index contributed by atoms with van der Waals surface area (Å²) < 4.78 is 27.4. The van der Waals surface area contributed by atoms with Gasteiger partial charge in [0.2, 0.25) is 10.0 Å². The van der Waals surface area contributed by atoms with Gasteiger partial charge in [0.15, 0.2) is 0 Å². The van der Waals surface area contributed by atoms with Crippen LogP contribution in [0.4, 0.5) is 5.00 Å². The highest BCUT2D eigenvalue weighted by molar-refractivity contribution is 7.89. The highest BCUT2D eigenvalue weighted by atomic mass is 32.2. The maximum Gasteiger partial charge on any atom is 0.256 e. The average molecular weight is 458 g/mol. The number of nitrogens with zero attached hydrogens (tertiary/aromatic N) is 2. The number of aryl methyl sites for hydroxylation is 1. The second-order valence-corrected chi connectivity index (χ2v) is 11.5. The van der Waals surface area contributed by atoms with Crippen molar-refractivity contribution in [1.29, 1.82) is 5.26 Å². The maximum atomic E-state index is 12.9. The van der Waals surface area contributed by atoms with Gasteiger partial charge >= 0.3 is 0 Å². The Morgan fingerprint density at radius 3 is 2.61 bits per heavy atom. The monoisotopic (exact) mass is 457 g/mol. The quantitative estimate of drug-likeness (QED) is 0.682. The number of hydrogen-bond acceptors (Lipinski definition) is 5. The molecule has 1 amide bonds. The minimum Gasteiger partial charge on any atom is -0.312 e. The summed E-state index contributed by atoms with van der Waals surface area (Å²) in [6.07, 6.45) is 7.09. The molecule has 0 bridgehead atoms. The van der Waals surface area contributed by atoms with Gasteiger partial charge in [0.05, 0.1) is 10.5 Å². The van der Waals surface area contributed by atoms with Gasteiger partial charge in [-0.15, -0.1) is 11.3 Å². The number of thiophene rings is 1. The number of fused-ring (bicyclic) bond motifs is 1. The Morgan fingerprint density at radius 1 is 1.16 bits per heavy atom. The van der Waals surface area contributed by atoms with Gasteiger partial charge in [-0.05, 0) is 74.3 Å². The lowest BCUT2D eigenvalue weighted by molar-refractivity contribution is 0.102. The van der Waals surface area contributed by atoms with E-state index in [1.807, 2.05) is 0 Å². The normalized spacial score (nSPS) is 19.8. The molecule has 1 aliphatic heterocycles. The van der Waals surface area contributed by atoms with Crippen molar-refractivity contribution in [2.45, 2.75) is 56.8 Å². The number of rotatable bonds is 4. The number of carbonyl (C=O) groups is 1. The lowest BCUT2D eigenvalue weighted by Gasteiger charge is -2.30. The zero-order valence-corrected chi connectivity index (χ0v) is 19.3. The maximum absolute atomic E-state index is 12.9. The van der Waals surface area contributed by atoms with Crippen LogP contribution in [0.25, 0.3) is 0 Å². The molecular formula is C23H27N3O3S2. The number of piperidine rings is 1. The van der Waals surface area contributed by atoms with Gasteiger partial charge < -0.3 is 5.32 Å². The standard InChI is InChI=1S/C23H27N3O3S2/c1-16-6-5-13-26(15-16)31(28,29)18-11-9-17(10-12-18)22(27)25-23-20(14-24)19-7-3-2-4-8-21(19)30-23/h9-12,16H,2-8,13,15H2,1H3,(H,25,27)/t16-/m1/s1. The highest BCUT2D eigenvalue weighted by Crippen LogP contribution is 2.37. The van der Waals surface area contributed by atoms with Gasteiger partial charge in [-0.2, -0.15) is 9.57 Å². The van der Waals surface area contributed by atoms with Gasteiger partial charge in [-0.1, -0.05) is 13.3 Å². The van der Waals surface area contributed by atoms with Crippen molar-refractivity contribution in [3.8, 4) is 6.07 Å². The van der Waals surface area contributed by atoms with E-state index in [0.29, 0.717) is 35.1 Å². The Hall–Kier alpha value is -2.21. The largest absolute Gasteiger partial charge is 0.312 e. The molecule has 0 saturated carbocycles. The second-order valence-electron chi connectivity index (χ2n) is 8.47. The molecule has 6 nitrogen and oxygen atoms in total. The molecule has 1 N–H and O–H groups in total. The molecule has 0 spiro atoms. The molecule has 1 aromatic carbocycles. The molecule has 164 valence electrons. The Balaban J connectivity index is 1.51. The van der Waals surface area contributed by atoms with Crippen LogP contribution in [0.1, 0.15) is 65.4 Å². The summed E-state index contributed by atoms with van der Waals surface area (Å²) in [7, 11) is -3.55. The molecule has 2 aromatic rings. The molecule has 1 atom stereocenters. The topological polar surface area (TPSA) is 90.3 Å². The van der Waals surface area contributed by atoms with Crippen LogP contribution in [0, 0.1) is 17.2 Å². The smallest absolute Gasteiger partial charge is 0.256 e. The molecule has 31 heavy (non-hydrogen) atoms. The predicted molar refractivity (Wildman–Crippen MR) is 122 cm³/mol. The minimum atomic E-state index is -3.55. The molecule has 4 rings (SSSR count). The van der Waals surface area contributed by atoms with E-state index in [4.69, 9.17) is 0 Å². The number of nitriles is 1. The van der Waals surface area contributed by atoms with Crippen LogP contribution < -0.4 is 5.32 Å². The van der Waals surface area contributed by atoms with Crippen LogP contribution >= 0.6 is 11.3 Å². The summed E-state index contributed by atoms with van der Waals surface area (Å²) >= 11 is 1.49. The molecule has 0 radical (unpaired) electrons. The van der Waals surface area contributed by atoms with Crippen molar-refractivity contribution in [3.05, 3.63) is 45.8 Å². The number of sulfonamides is 1. The van der Waals surface area contributed by atoms with E-state index in [0.717, 1.165) is 44.1 Å². The van der Waals surface area contributed by atoms with E-state index in [2.05, 4.69) is 18.3 Å². The van der Waals surface area contributed by atoms with Crippen LogP contribution in [0.3, 0.4) is 0 Å². The third kappa shape index (κ3) is 4.54. The van der Waals surface area contributed by atoms with Gasteiger partial charge in [0.25, 0.3) is 5.91 Å². The molecule has 1 aliphatic carbocycles. The number of nitrogens with one attached hydrogen (secondary N) is 1. The summed E-state index contributed by atoms with van der Waals surface area (Å²) in [6.45, 7) is 3.13. The Bertz CT molecular complexity index is 1110. The lowest BCUT2D eigenvalue weighted by Crippen LogP contribution is -2.39. The first kappa shape index (κ1) is 22.0. The summed E-state index contributed by atoms with van der Waals surface area (Å²) in [4.78, 5) is 14.2. The van der Waals surface area contributed by atoms with E-state index in [1.54, 1.807) is 12.1 Å². The first-order chi connectivity index (χ1) is 14.9. The molecule has 1 saturated heterocycles. The van der Waals surface area contributed by atoms with Crippen LogP contribution in [0.2, 0.25) is 0 Å². The first-order valence-electron chi connectivity index (χ1n) is 10.9. The zero-order valence-electron chi connectivity index (χ0n) is 17.7. The molecular weight excluding hydrogens is 430 g/mol. The number of carbonyl (C=O) groups excluding carboxylic acids is 1. The zero-order chi connectivity index (χ0) is 22.0. The molecule has 2 aliphatic rings. The van der Waals surface area contributed by atoms with Crippen molar-refractivity contribution in [2.75, 3.05) is 18.4 Å². The highest BCUT2D eigenvalue weighted by Gasteiger charge is 2.29. The average Bonchev–Trinajstić information content (AvgIpc) is 2.92. The van der Waals surface area contributed by atoms with Crippen molar-refractivity contribution >= 4 is 32.3 Å². The van der Waals surface area contributed by atoms with E-state index in [9.17, 15) is 18.5 Å². The third-order valence-corrected chi connectivity index (χ3v) is 9.22. The fourth-order valence-electron chi connectivity index (χ4n) is 4.42. The number of benzene rings is 1. The van der Waals surface area contributed by atoms with Crippen LogP contribution in [0.5, 0.6) is 0 Å². The fourth-order valence-corrected chi connectivity index (χ4v) is 7.25. The second kappa shape index (κ2) is 9.11. The van der Waals surface area contributed by atoms with E-state index >= 15 is 0 Å². The van der Waals surface area contributed by atoms with Crippen molar-refractivity contribution in [1.82, 2.24) is 4.31 Å². The molecule has 8 heteroatoms. The Kier molecular flexibility index (Phi) is 6.47. The van der Waals surface area contributed by atoms with Crippen molar-refractivity contribution < 1.29 is 13.2 Å². The summed E-state index contributed by atoms with van der Waals surface area (Å²) in [5.41, 5.74) is 2.03. The number of amides is 1. The van der Waals surface area contributed by atoms with E-state index in [1.165, 1.54) is 39.1 Å². The lowest BCUT2D eigenvalue weighted by atomic mass is 10.0. The van der Waals surface area contributed by atoms with Gasteiger partial charge in [0, 0.05) is 23.5 Å². The molecule has 0 unspecified atom stereocenters. The van der Waals surface area contributed by atoms with E-state index < -0.39 is 10.0 Å². The van der Waals surface area contributed by atoms with Gasteiger partial charge in [-0.3, -0.25) is 4.79 Å². The Labute approximate surface area is 187 Å². The summed E-state index contributed by atoms with van der Waals surface area (Å²) in [6, 6.07) is 8.35. The Morgan fingerprint density at radius 2 is 1.90 bits per heavy atom. The third-order valence-electron chi connectivity index (χ3n) is 6.13. The van der Waals surface area contributed by atoms with Gasteiger partial charge in [0.1, 0.15) is 11.1 Å². The van der Waals surface area contributed by atoms with Gasteiger partial charge in [-0.25, -0.2) is 8.42 Å². The fraction of sp³-hybridized carbons (Fsp3) is 0.478. The molecule has 1 fully saturated rings. The van der Waals surface area contributed by atoms with Crippen LogP contribution in [-0.4, -0.2) is 31.7 Å². The molecule has 1 aromatic heterocycles. The van der Waals surface area contributed by atoms with Crippen LogP contribution in [-0.2, 0) is 22.9 Å². The van der Waals surface area contributed by atoms with Crippen molar-refractivity contribution in [3.63, 3.8) is 0 Å². The minimum absolute atomic E-state index is 0.207. The molecule has 2 heterocycles. The van der Waals surface area contributed by atoms with E-state index in [-0.39, 0.29) is 10.8 Å². The van der Waals surface area contributed by atoms with Crippen LogP contribution in [0.15, 0.2) is 29.2 Å². The predicted octanol–water partition coefficient (Wildman–Crippen LogP) is 4.56. The van der Waals surface area contributed by atoms with Crippen molar-refractivity contribution in [2.24, 2.45) is 5.92 Å². The SMILES string of the molecule is C[C@@H]1CCCN(S(=O)(=O)c2ccc(C(=O)Nc3sc4c(c3C#N)CCCCC4)cc2)C1. The number of anilines is 1. The summed E-state index contributed by atoms with van der Waals surface area (Å²) in [5.74, 6) is 0.0206. The first-order valence-corrected chi connectivity index (χ1v) is 13.1. The summed E-state index contributed by atoms with van der Waals surface area (Å²) in [5, 5.41) is 13.1.